The van der Waals surface area contributed by atoms with Crippen molar-refractivity contribution in [1.29, 1.82) is 0 Å². The van der Waals surface area contributed by atoms with E-state index in [9.17, 15) is 0 Å². The Morgan fingerprint density at radius 1 is 0.885 bits per heavy atom. The van der Waals surface area contributed by atoms with Gasteiger partial charge in [0.1, 0.15) is 12.4 Å². The fourth-order valence-corrected chi connectivity index (χ4v) is 3.07. The van der Waals surface area contributed by atoms with Crippen LogP contribution in [0.25, 0.3) is 0 Å². The normalized spacial score (nSPS) is 11.8. The van der Waals surface area contributed by atoms with Crippen molar-refractivity contribution < 1.29 is 4.74 Å². The Balaban J connectivity index is 1.88. The smallest absolute Gasteiger partial charge is 0.120 e. The van der Waals surface area contributed by atoms with Crippen LogP contribution in [-0.2, 0) is 12.0 Å². The fraction of sp³-hybridized carbons (Fsp3) is 0.440. The molecule has 0 bridgehead atoms. The van der Waals surface area contributed by atoms with Gasteiger partial charge in [-0.15, -0.1) is 0 Å². The van der Waals surface area contributed by atoms with Crippen LogP contribution in [0, 0.1) is 0 Å². The highest BCUT2D eigenvalue weighted by Gasteiger charge is 2.17. The van der Waals surface area contributed by atoms with Gasteiger partial charge in [-0.25, -0.2) is 0 Å². The number of benzene rings is 2. The largest absolute Gasteiger partial charge is 0.489 e. The van der Waals surface area contributed by atoms with Gasteiger partial charge >= 0.3 is 0 Å². The molecule has 26 heavy (non-hydrogen) atoms. The number of hydrogen-bond donors (Lipinski definition) is 0. The minimum absolute atomic E-state index is 0.0233. The summed E-state index contributed by atoms with van der Waals surface area (Å²) in [4.78, 5) is 0. The zero-order chi connectivity index (χ0) is 18.7. The predicted octanol–water partition coefficient (Wildman–Crippen LogP) is 7.46. The van der Waals surface area contributed by atoms with E-state index in [1.165, 1.54) is 49.7 Å². The van der Waals surface area contributed by atoms with Crippen molar-refractivity contribution in [3.8, 4) is 5.75 Å². The molecule has 140 valence electrons. The maximum absolute atomic E-state index is 5.98. The monoisotopic (exact) mass is 350 g/mol. The van der Waals surface area contributed by atoms with Crippen LogP contribution in [0.4, 0.5) is 0 Å². The molecule has 0 saturated carbocycles. The lowest BCUT2D eigenvalue weighted by Gasteiger charge is -2.22. The molecule has 0 heterocycles. The van der Waals surface area contributed by atoms with Crippen molar-refractivity contribution in [3.63, 3.8) is 0 Å². The lowest BCUT2D eigenvalue weighted by molar-refractivity contribution is 0.305. The van der Waals surface area contributed by atoms with Crippen LogP contribution in [0.15, 0.2) is 66.7 Å². The Bertz CT molecular complexity index is 655. The van der Waals surface area contributed by atoms with E-state index in [1.807, 2.05) is 24.3 Å². The summed E-state index contributed by atoms with van der Waals surface area (Å²) in [5.41, 5.74) is 2.51. The van der Waals surface area contributed by atoms with Crippen LogP contribution in [0.2, 0.25) is 0 Å². The van der Waals surface area contributed by atoms with Gasteiger partial charge in [-0.05, 0) is 36.1 Å². The van der Waals surface area contributed by atoms with E-state index in [1.54, 1.807) is 0 Å². The van der Waals surface area contributed by atoms with Crippen LogP contribution in [0.5, 0.6) is 5.75 Å². The third kappa shape index (κ3) is 7.07. The second-order valence-corrected chi connectivity index (χ2v) is 7.63. The van der Waals surface area contributed by atoms with Crippen molar-refractivity contribution >= 4 is 0 Å². The lowest BCUT2D eigenvalue weighted by Crippen LogP contribution is -2.13. The van der Waals surface area contributed by atoms with Crippen LogP contribution in [0.1, 0.15) is 70.4 Å². The summed E-state index contributed by atoms with van der Waals surface area (Å²) in [6.07, 6.45) is 12.6. The molecule has 0 atom stereocenters. The van der Waals surface area contributed by atoms with Crippen LogP contribution >= 0.6 is 0 Å². The Kier molecular flexibility index (Phi) is 8.47. The molecular formula is C25H34O. The summed E-state index contributed by atoms with van der Waals surface area (Å²) in [6.45, 7) is 7.42. The highest BCUT2D eigenvalue weighted by Crippen LogP contribution is 2.28. The molecule has 0 aliphatic heterocycles. The highest BCUT2D eigenvalue weighted by molar-refractivity contribution is 5.36. The predicted molar refractivity (Wildman–Crippen MR) is 113 cm³/mol. The third-order valence-corrected chi connectivity index (χ3v) is 4.84. The number of hydrogen-bond acceptors (Lipinski definition) is 1. The summed E-state index contributed by atoms with van der Waals surface area (Å²) in [5, 5.41) is 0. The molecule has 0 saturated heterocycles. The molecule has 2 aromatic carbocycles. The summed E-state index contributed by atoms with van der Waals surface area (Å²) < 4.78 is 5.98. The van der Waals surface area contributed by atoms with Crippen LogP contribution in [0.3, 0.4) is 0 Å². The Morgan fingerprint density at radius 2 is 1.65 bits per heavy atom. The molecule has 0 aliphatic carbocycles. The van der Waals surface area contributed by atoms with E-state index in [4.69, 9.17) is 4.74 Å². The van der Waals surface area contributed by atoms with Crippen molar-refractivity contribution in [2.75, 3.05) is 0 Å². The Hall–Kier alpha value is -2.02. The molecule has 0 unspecified atom stereocenters. The van der Waals surface area contributed by atoms with Crippen molar-refractivity contribution in [3.05, 3.63) is 77.9 Å². The zero-order valence-corrected chi connectivity index (χ0v) is 16.7. The van der Waals surface area contributed by atoms with Gasteiger partial charge < -0.3 is 4.74 Å². The molecule has 2 rings (SSSR count). The molecule has 0 aromatic heterocycles. The second kappa shape index (κ2) is 10.9. The van der Waals surface area contributed by atoms with Gasteiger partial charge in [0.15, 0.2) is 0 Å². The molecule has 1 nitrogen and oxygen atoms in total. The quantitative estimate of drug-likeness (QED) is 0.302. The molecule has 0 N–H and O–H groups in total. The minimum Gasteiger partial charge on any atom is -0.489 e. The molecule has 0 fully saturated rings. The van der Waals surface area contributed by atoms with Crippen LogP contribution < -0.4 is 4.74 Å². The number of rotatable bonds is 11. The van der Waals surface area contributed by atoms with E-state index >= 15 is 0 Å². The van der Waals surface area contributed by atoms with Crippen LogP contribution in [-0.4, -0.2) is 0 Å². The molecule has 1 heteroatoms. The van der Waals surface area contributed by atoms with Gasteiger partial charge in [-0.2, -0.15) is 0 Å². The maximum atomic E-state index is 5.98. The van der Waals surface area contributed by atoms with Crippen molar-refractivity contribution in [2.24, 2.45) is 0 Å². The van der Waals surface area contributed by atoms with Gasteiger partial charge in [-0.3, -0.25) is 0 Å². The maximum Gasteiger partial charge on any atom is 0.120 e. The average molecular weight is 351 g/mol. The number of unbranched alkanes of at least 4 members (excludes halogenated alkanes) is 5. The van der Waals surface area contributed by atoms with E-state index in [0.29, 0.717) is 6.61 Å². The molecule has 0 spiro atoms. The average Bonchev–Trinajstić information content (AvgIpc) is 2.67. The first-order valence-electron chi connectivity index (χ1n) is 10.1. The molecule has 2 aromatic rings. The summed E-state index contributed by atoms with van der Waals surface area (Å²) in [7, 11) is 0. The Morgan fingerprint density at radius 3 is 2.42 bits per heavy atom. The van der Waals surface area contributed by atoms with Gasteiger partial charge in [0.25, 0.3) is 0 Å². The van der Waals surface area contributed by atoms with Crippen molar-refractivity contribution in [2.45, 2.75) is 71.3 Å². The third-order valence-electron chi connectivity index (χ3n) is 4.84. The van der Waals surface area contributed by atoms with Gasteiger partial charge in [0, 0.05) is 5.41 Å². The van der Waals surface area contributed by atoms with E-state index in [0.717, 1.165) is 5.75 Å². The molecule has 0 aliphatic rings. The SMILES string of the molecule is CCCCCCCC=CC(C)(C)c1cccc(OCc2ccccc2)c1. The zero-order valence-electron chi connectivity index (χ0n) is 16.7. The molecule has 0 amide bonds. The van der Waals surface area contributed by atoms with E-state index < -0.39 is 0 Å². The molecule has 0 radical (unpaired) electrons. The van der Waals surface area contributed by atoms with E-state index in [2.05, 4.69) is 63.3 Å². The standard InChI is InChI=1S/C25H34O/c1-4-5-6-7-8-9-13-19-25(2,3)23-17-14-18-24(20-23)26-21-22-15-11-10-12-16-22/h10-20H,4-9,21H2,1-3H3. The lowest BCUT2D eigenvalue weighted by atomic mass is 9.84. The van der Waals surface area contributed by atoms with E-state index in [-0.39, 0.29) is 5.41 Å². The van der Waals surface area contributed by atoms with Crippen molar-refractivity contribution in [1.82, 2.24) is 0 Å². The number of allylic oxidation sites excluding steroid dienone is 2. The topological polar surface area (TPSA) is 9.23 Å². The number of ether oxygens (including phenoxy) is 1. The summed E-state index contributed by atoms with van der Waals surface area (Å²) in [6, 6.07) is 18.8. The summed E-state index contributed by atoms with van der Waals surface area (Å²) in [5.74, 6) is 0.937. The first-order chi connectivity index (χ1) is 12.6. The summed E-state index contributed by atoms with van der Waals surface area (Å²) >= 11 is 0. The minimum atomic E-state index is 0.0233. The van der Waals surface area contributed by atoms with Gasteiger partial charge in [-0.1, -0.05) is 101 Å². The molecular weight excluding hydrogens is 316 g/mol. The highest BCUT2D eigenvalue weighted by atomic mass is 16.5. The first-order valence-corrected chi connectivity index (χ1v) is 10.1. The van der Waals surface area contributed by atoms with Gasteiger partial charge in [0.2, 0.25) is 0 Å². The first kappa shape index (κ1) is 20.3. The fourth-order valence-electron chi connectivity index (χ4n) is 3.07. The Labute approximate surface area is 160 Å². The second-order valence-electron chi connectivity index (χ2n) is 7.63. The van der Waals surface area contributed by atoms with Gasteiger partial charge in [0.05, 0.1) is 0 Å².